The predicted octanol–water partition coefficient (Wildman–Crippen LogP) is 14.8. The van der Waals surface area contributed by atoms with Crippen molar-refractivity contribution in [3.8, 4) is 55.6 Å². The molecule has 10 rings (SSSR count). The summed E-state index contributed by atoms with van der Waals surface area (Å²) < 4.78 is 0. The largest absolute Gasteiger partial charge is 0.310 e. The number of anilines is 3. The van der Waals surface area contributed by atoms with Gasteiger partial charge >= 0.3 is 0 Å². The van der Waals surface area contributed by atoms with Gasteiger partial charge in [-0.2, -0.15) is 0 Å². The van der Waals surface area contributed by atoms with Crippen LogP contribution in [0.15, 0.2) is 188 Å². The maximum Gasteiger partial charge on any atom is 0.0540 e. The van der Waals surface area contributed by atoms with Gasteiger partial charge in [0.15, 0.2) is 0 Å². The molecule has 0 aliphatic heterocycles. The summed E-state index contributed by atoms with van der Waals surface area (Å²) in [5.41, 5.74) is 21.3. The summed E-state index contributed by atoms with van der Waals surface area (Å²) in [5, 5.41) is 0. The first-order valence-electron chi connectivity index (χ1n) is 19.5. The summed E-state index contributed by atoms with van der Waals surface area (Å²) in [6.07, 6.45) is 0. The molecule has 1 nitrogen and oxygen atoms in total. The number of benzene rings is 8. The summed E-state index contributed by atoms with van der Waals surface area (Å²) in [6.45, 7) is 9.52. The molecule has 8 aromatic carbocycles. The second-order valence-electron chi connectivity index (χ2n) is 16.1. The van der Waals surface area contributed by atoms with E-state index >= 15 is 0 Å². The molecular formula is C54H43N. The first kappa shape index (κ1) is 33.2. The molecule has 0 amide bonds. The fourth-order valence-electron chi connectivity index (χ4n) is 9.69. The summed E-state index contributed by atoms with van der Waals surface area (Å²) in [6, 6.07) is 69.5. The molecule has 0 aromatic heterocycles. The minimum absolute atomic E-state index is 0.0928. The van der Waals surface area contributed by atoms with E-state index in [1.807, 2.05) is 0 Å². The number of hydrogen-bond donors (Lipinski definition) is 0. The summed E-state index contributed by atoms with van der Waals surface area (Å²) in [5.74, 6) is 0. The minimum atomic E-state index is -0.209. The van der Waals surface area contributed by atoms with Gasteiger partial charge in [0.2, 0.25) is 0 Å². The van der Waals surface area contributed by atoms with Gasteiger partial charge in [-0.25, -0.2) is 0 Å². The van der Waals surface area contributed by atoms with Gasteiger partial charge in [-0.15, -0.1) is 0 Å². The molecule has 0 spiro atoms. The minimum Gasteiger partial charge on any atom is -0.310 e. The molecule has 0 heterocycles. The molecular weight excluding hydrogens is 663 g/mol. The van der Waals surface area contributed by atoms with E-state index in [1.54, 1.807) is 0 Å². The maximum absolute atomic E-state index is 2.55. The lowest BCUT2D eigenvalue weighted by molar-refractivity contribution is 0.660. The zero-order chi connectivity index (χ0) is 37.3. The average Bonchev–Trinajstić information content (AvgIpc) is 3.62. The summed E-state index contributed by atoms with van der Waals surface area (Å²) in [7, 11) is 0. The Kier molecular flexibility index (Phi) is 7.58. The fraction of sp³-hybridized carbons (Fsp3) is 0.111. The highest BCUT2D eigenvalue weighted by atomic mass is 15.1. The number of fused-ring (bicyclic) bond motifs is 6. The molecule has 264 valence electrons. The zero-order valence-corrected chi connectivity index (χ0v) is 31.8. The van der Waals surface area contributed by atoms with E-state index in [0.29, 0.717) is 0 Å². The van der Waals surface area contributed by atoms with Crippen LogP contribution in [0.1, 0.15) is 49.9 Å². The molecule has 0 saturated heterocycles. The Balaban J connectivity index is 1.27. The number of rotatable bonds is 6. The van der Waals surface area contributed by atoms with Crippen LogP contribution in [0.25, 0.3) is 55.6 Å². The Hall–Kier alpha value is -6.44. The van der Waals surface area contributed by atoms with Gasteiger partial charge in [0.05, 0.1) is 11.4 Å². The Morgan fingerprint density at radius 1 is 0.327 bits per heavy atom. The number of hydrogen-bond acceptors (Lipinski definition) is 1. The Morgan fingerprint density at radius 3 is 1.56 bits per heavy atom. The Morgan fingerprint density at radius 2 is 0.836 bits per heavy atom. The van der Waals surface area contributed by atoms with Crippen molar-refractivity contribution < 1.29 is 0 Å². The third-order valence-corrected chi connectivity index (χ3v) is 12.3. The highest BCUT2D eigenvalue weighted by Crippen LogP contribution is 2.57. The van der Waals surface area contributed by atoms with Crippen LogP contribution in [0.4, 0.5) is 17.1 Å². The van der Waals surface area contributed by atoms with Gasteiger partial charge in [-0.05, 0) is 96.6 Å². The van der Waals surface area contributed by atoms with Gasteiger partial charge in [0.1, 0.15) is 0 Å². The van der Waals surface area contributed by atoms with Crippen molar-refractivity contribution in [2.45, 2.75) is 38.5 Å². The third-order valence-electron chi connectivity index (χ3n) is 12.3. The van der Waals surface area contributed by atoms with Crippen LogP contribution in [0, 0.1) is 0 Å². The summed E-state index contributed by atoms with van der Waals surface area (Å²) >= 11 is 0. The highest BCUT2D eigenvalue weighted by Gasteiger charge is 2.40. The molecule has 8 aromatic rings. The molecule has 0 unspecified atom stereocenters. The van der Waals surface area contributed by atoms with Crippen molar-refractivity contribution in [1.29, 1.82) is 0 Å². The van der Waals surface area contributed by atoms with E-state index in [1.165, 1.54) is 83.6 Å². The quantitative estimate of drug-likeness (QED) is 0.166. The van der Waals surface area contributed by atoms with Gasteiger partial charge in [0, 0.05) is 22.1 Å². The van der Waals surface area contributed by atoms with Gasteiger partial charge in [-0.1, -0.05) is 191 Å². The van der Waals surface area contributed by atoms with E-state index in [0.717, 1.165) is 11.4 Å². The van der Waals surface area contributed by atoms with E-state index in [4.69, 9.17) is 0 Å². The van der Waals surface area contributed by atoms with Gasteiger partial charge in [-0.3, -0.25) is 0 Å². The second-order valence-corrected chi connectivity index (χ2v) is 16.1. The third kappa shape index (κ3) is 5.07. The van der Waals surface area contributed by atoms with Gasteiger partial charge < -0.3 is 4.90 Å². The number of para-hydroxylation sites is 1. The second kappa shape index (κ2) is 12.6. The molecule has 1 heteroatoms. The van der Waals surface area contributed by atoms with E-state index < -0.39 is 0 Å². The van der Waals surface area contributed by atoms with E-state index in [-0.39, 0.29) is 10.8 Å². The lowest BCUT2D eigenvalue weighted by Crippen LogP contribution is -2.21. The van der Waals surface area contributed by atoms with E-state index in [9.17, 15) is 0 Å². The van der Waals surface area contributed by atoms with Crippen molar-refractivity contribution in [3.63, 3.8) is 0 Å². The molecule has 0 N–H and O–H groups in total. The smallest absolute Gasteiger partial charge is 0.0540 e. The van der Waals surface area contributed by atoms with Crippen LogP contribution in [0.2, 0.25) is 0 Å². The molecule has 2 aliphatic carbocycles. The van der Waals surface area contributed by atoms with Crippen LogP contribution >= 0.6 is 0 Å². The molecule has 55 heavy (non-hydrogen) atoms. The first-order chi connectivity index (χ1) is 26.8. The fourth-order valence-corrected chi connectivity index (χ4v) is 9.69. The van der Waals surface area contributed by atoms with Crippen LogP contribution in [0.3, 0.4) is 0 Å². The van der Waals surface area contributed by atoms with E-state index in [2.05, 4.69) is 221 Å². The van der Waals surface area contributed by atoms with Crippen LogP contribution < -0.4 is 4.90 Å². The lowest BCUT2D eigenvalue weighted by atomic mass is 9.81. The molecule has 2 aliphatic rings. The van der Waals surface area contributed by atoms with Crippen molar-refractivity contribution in [2.24, 2.45) is 0 Å². The first-order valence-corrected chi connectivity index (χ1v) is 19.5. The van der Waals surface area contributed by atoms with Crippen LogP contribution in [-0.2, 0) is 10.8 Å². The lowest BCUT2D eigenvalue weighted by Gasteiger charge is -2.34. The normalized spacial score (nSPS) is 14.1. The van der Waals surface area contributed by atoms with Crippen molar-refractivity contribution in [2.75, 3.05) is 4.90 Å². The molecule has 0 atom stereocenters. The Labute approximate surface area is 325 Å². The zero-order valence-electron chi connectivity index (χ0n) is 31.8. The SMILES string of the molecule is CC1(C)c2ccccc2-c2c(-c3ccccc3N(c3ccc(-c4ccccc4)c(-c4ccccc4)c3)c3cccc4c3C(C)(C)c3ccccc3-4)cccc21. The Bertz CT molecular complexity index is 2750. The van der Waals surface area contributed by atoms with Crippen molar-refractivity contribution in [3.05, 3.63) is 210 Å². The average molecular weight is 706 g/mol. The van der Waals surface area contributed by atoms with Crippen molar-refractivity contribution in [1.82, 2.24) is 0 Å². The van der Waals surface area contributed by atoms with Crippen LogP contribution in [0.5, 0.6) is 0 Å². The number of nitrogens with zero attached hydrogens (tertiary/aromatic N) is 1. The monoisotopic (exact) mass is 705 g/mol. The molecule has 0 fully saturated rings. The standard InChI is InChI=1S/C54H43N/c1-53(2)47-29-15-12-25-44(47)51-42(26-17-30-48(51)53)41-24-13-16-31-49(41)55(50-32-18-27-43-40-23-11-14-28-46(40)54(3,4)52(43)50)38-33-34-39(36-19-7-5-8-20-36)45(35-38)37-21-9-6-10-22-37/h5-35H,1-4H3. The highest BCUT2D eigenvalue weighted by molar-refractivity contribution is 6.00. The topological polar surface area (TPSA) is 3.24 Å². The predicted molar refractivity (Wildman–Crippen MR) is 233 cm³/mol. The maximum atomic E-state index is 2.55. The van der Waals surface area contributed by atoms with Crippen LogP contribution in [-0.4, -0.2) is 0 Å². The molecule has 0 saturated carbocycles. The van der Waals surface area contributed by atoms with Crippen molar-refractivity contribution >= 4 is 17.1 Å². The molecule has 0 bridgehead atoms. The summed E-state index contributed by atoms with van der Waals surface area (Å²) in [4.78, 5) is 2.55. The van der Waals surface area contributed by atoms with Gasteiger partial charge in [0.25, 0.3) is 0 Å². The molecule has 0 radical (unpaired) electrons.